The van der Waals surface area contributed by atoms with Gasteiger partial charge in [-0.3, -0.25) is 4.90 Å². The van der Waals surface area contributed by atoms with Crippen molar-refractivity contribution in [1.29, 1.82) is 0 Å². The minimum atomic E-state index is 0.283. The van der Waals surface area contributed by atoms with Gasteiger partial charge < -0.3 is 5.73 Å². The molecule has 0 saturated carbocycles. The van der Waals surface area contributed by atoms with Crippen LogP contribution in [0.15, 0.2) is 30.3 Å². The minimum Gasteiger partial charge on any atom is -0.330 e. The molecule has 4 nitrogen and oxygen atoms in total. The summed E-state index contributed by atoms with van der Waals surface area (Å²) in [4.78, 5) is 2.53. The summed E-state index contributed by atoms with van der Waals surface area (Å²) in [5.74, 6) is 0. The maximum atomic E-state index is 5.95. The average molecular weight is 310 g/mol. The summed E-state index contributed by atoms with van der Waals surface area (Å²) in [6, 6.07) is 10.5. The van der Waals surface area contributed by atoms with Crippen molar-refractivity contribution in [1.82, 2.24) is 14.7 Å². The zero-order valence-corrected chi connectivity index (χ0v) is 14.0. The predicted molar refractivity (Wildman–Crippen MR) is 92.6 cm³/mol. The lowest BCUT2D eigenvalue weighted by Crippen LogP contribution is -2.31. The van der Waals surface area contributed by atoms with Crippen LogP contribution in [0.4, 0.5) is 0 Å². The van der Waals surface area contributed by atoms with Gasteiger partial charge in [0.25, 0.3) is 0 Å². The summed E-state index contributed by atoms with van der Waals surface area (Å²) in [7, 11) is 0. The first-order chi connectivity index (χ1) is 11.2. The van der Waals surface area contributed by atoms with E-state index in [1.807, 2.05) is 0 Å². The maximum Gasteiger partial charge on any atom is 0.0804 e. The Labute approximate surface area is 138 Å². The Balaban J connectivity index is 1.61. The van der Waals surface area contributed by atoms with E-state index in [0.717, 1.165) is 32.6 Å². The molecule has 0 amide bonds. The van der Waals surface area contributed by atoms with E-state index in [4.69, 9.17) is 10.8 Å². The predicted octanol–water partition coefficient (Wildman–Crippen LogP) is 2.53. The lowest BCUT2D eigenvalue weighted by Gasteiger charge is -2.22. The van der Waals surface area contributed by atoms with E-state index >= 15 is 0 Å². The molecule has 1 fully saturated rings. The van der Waals surface area contributed by atoms with Gasteiger partial charge in [-0.25, -0.2) is 4.68 Å². The average Bonchev–Trinajstić information content (AvgIpc) is 3.26. The zero-order valence-electron chi connectivity index (χ0n) is 14.0. The third-order valence-corrected chi connectivity index (χ3v) is 5.52. The number of hydrogen-bond donors (Lipinski definition) is 1. The highest BCUT2D eigenvalue weighted by atomic mass is 15.3. The van der Waals surface area contributed by atoms with Gasteiger partial charge >= 0.3 is 0 Å². The van der Waals surface area contributed by atoms with Gasteiger partial charge in [0.05, 0.1) is 11.4 Å². The smallest absolute Gasteiger partial charge is 0.0804 e. The molecule has 1 aromatic carbocycles. The van der Waals surface area contributed by atoms with E-state index in [0.29, 0.717) is 0 Å². The van der Waals surface area contributed by atoms with Gasteiger partial charge in [-0.2, -0.15) is 5.10 Å². The number of benzene rings is 1. The molecular weight excluding hydrogens is 284 g/mol. The van der Waals surface area contributed by atoms with Crippen LogP contribution in [0, 0.1) is 5.41 Å². The fourth-order valence-electron chi connectivity index (χ4n) is 4.06. The summed E-state index contributed by atoms with van der Waals surface area (Å²) in [6.07, 6.45) is 4.79. The number of rotatable bonds is 4. The Bertz CT molecular complexity index is 691. The van der Waals surface area contributed by atoms with E-state index in [9.17, 15) is 0 Å². The van der Waals surface area contributed by atoms with Crippen molar-refractivity contribution in [2.75, 3.05) is 19.6 Å². The number of fused-ring (bicyclic) bond motifs is 1. The second-order valence-corrected chi connectivity index (χ2v) is 7.45. The van der Waals surface area contributed by atoms with Crippen LogP contribution >= 0.6 is 0 Å². The number of para-hydroxylation sites is 1. The van der Waals surface area contributed by atoms with E-state index in [1.54, 1.807) is 0 Å². The van der Waals surface area contributed by atoms with Crippen LogP contribution in [0.25, 0.3) is 5.69 Å². The van der Waals surface area contributed by atoms with Crippen LogP contribution in [-0.4, -0.2) is 34.3 Å². The molecule has 0 spiro atoms. The van der Waals surface area contributed by atoms with Gasteiger partial charge in [0.2, 0.25) is 0 Å². The van der Waals surface area contributed by atoms with Gasteiger partial charge in [-0.1, -0.05) is 25.1 Å². The molecule has 2 aromatic rings. The third kappa shape index (κ3) is 2.70. The summed E-state index contributed by atoms with van der Waals surface area (Å²) in [6.45, 7) is 6.29. The standard InChI is InChI=1S/C19H26N4/c1-19(13-20)10-11-22(14-19)12-17-16-8-5-9-18(16)23(21-17)15-6-3-2-4-7-15/h2-4,6-7H,5,8-14,20H2,1H3. The van der Waals surface area contributed by atoms with Gasteiger partial charge in [0.15, 0.2) is 0 Å². The number of aromatic nitrogens is 2. The second kappa shape index (κ2) is 5.77. The van der Waals surface area contributed by atoms with Crippen LogP contribution in [0.1, 0.15) is 36.7 Å². The fourth-order valence-corrected chi connectivity index (χ4v) is 4.06. The monoisotopic (exact) mass is 310 g/mol. The van der Waals surface area contributed by atoms with Crippen molar-refractivity contribution in [3.8, 4) is 5.69 Å². The van der Waals surface area contributed by atoms with Crippen molar-refractivity contribution in [3.63, 3.8) is 0 Å². The topological polar surface area (TPSA) is 47.1 Å². The molecule has 23 heavy (non-hydrogen) atoms. The van der Waals surface area contributed by atoms with Crippen LogP contribution in [-0.2, 0) is 19.4 Å². The van der Waals surface area contributed by atoms with Gasteiger partial charge in [-0.05, 0) is 61.9 Å². The summed E-state index contributed by atoms with van der Waals surface area (Å²) >= 11 is 0. The van der Waals surface area contributed by atoms with Crippen LogP contribution in [0.5, 0.6) is 0 Å². The third-order valence-electron chi connectivity index (χ3n) is 5.52. The summed E-state index contributed by atoms with van der Waals surface area (Å²) in [5, 5.41) is 4.98. The summed E-state index contributed by atoms with van der Waals surface area (Å²) < 4.78 is 2.18. The van der Waals surface area contributed by atoms with E-state index in [1.165, 1.54) is 41.9 Å². The van der Waals surface area contributed by atoms with Gasteiger partial charge in [0.1, 0.15) is 0 Å². The van der Waals surface area contributed by atoms with E-state index in [-0.39, 0.29) is 5.41 Å². The molecule has 1 unspecified atom stereocenters. The molecule has 1 aliphatic heterocycles. The number of likely N-dealkylation sites (tertiary alicyclic amines) is 1. The molecule has 1 aliphatic carbocycles. The summed E-state index contributed by atoms with van der Waals surface area (Å²) in [5.41, 5.74) is 11.6. The molecule has 2 N–H and O–H groups in total. The minimum absolute atomic E-state index is 0.283. The number of nitrogens with zero attached hydrogens (tertiary/aromatic N) is 3. The van der Waals surface area contributed by atoms with Crippen LogP contribution < -0.4 is 5.73 Å². The molecule has 2 heterocycles. The lowest BCUT2D eigenvalue weighted by atomic mass is 9.90. The van der Waals surface area contributed by atoms with Crippen LogP contribution in [0.3, 0.4) is 0 Å². The zero-order chi connectivity index (χ0) is 15.9. The first-order valence-corrected chi connectivity index (χ1v) is 8.76. The number of hydrogen-bond acceptors (Lipinski definition) is 3. The molecule has 122 valence electrons. The first kappa shape index (κ1) is 14.9. The SMILES string of the molecule is CC1(CN)CCN(Cc2nn(-c3ccccc3)c3c2CCC3)C1. The lowest BCUT2D eigenvalue weighted by molar-refractivity contribution is 0.271. The second-order valence-electron chi connectivity index (χ2n) is 7.45. The first-order valence-electron chi connectivity index (χ1n) is 8.76. The largest absolute Gasteiger partial charge is 0.330 e. The fraction of sp³-hybridized carbons (Fsp3) is 0.526. The molecule has 4 heteroatoms. The van der Waals surface area contributed by atoms with Crippen molar-refractivity contribution < 1.29 is 0 Å². The van der Waals surface area contributed by atoms with Gasteiger partial charge in [-0.15, -0.1) is 0 Å². The Hall–Kier alpha value is -1.65. The quantitative estimate of drug-likeness (QED) is 0.944. The highest BCUT2D eigenvalue weighted by Crippen LogP contribution is 2.32. The highest BCUT2D eigenvalue weighted by molar-refractivity contribution is 5.39. The van der Waals surface area contributed by atoms with Crippen molar-refractivity contribution in [2.45, 2.75) is 39.2 Å². The molecule has 0 radical (unpaired) electrons. The molecule has 4 rings (SSSR count). The Morgan fingerprint density at radius 2 is 2.04 bits per heavy atom. The Kier molecular flexibility index (Phi) is 3.74. The Morgan fingerprint density at radius 3 is 2.78 bits per heavy atom. The van der Waals surface area contributed by atoms with E-state index in [2.05, 4.69) is 46.8 Å². The molecule has 2 aliphatic rings. The molecular formula is C19H26N4. The Morgan fingerprint density at radius 1 is 1.22 bits per heavy atom. The van der Waals surface area contributed by atoms with Crippen molar-refractivity contribution in [3.05, 3.63) is 47.3 Å². The van der Waals surface area contributed by atoms with Crippen molar-refractivity contribution in [2.24, 2.45) is 11.1 Å². The molecule has 1 atom stereocenters. The molecule has 0 bridgehead atoms. The normalized spacial score (nSPS) is 24.3. The van der Waals surface area contributed by atoms with Crippen LogP contribution in [0.2, 0.25) is 0 Å². The highest BCUT2D eigenvalue weighted by Gasteiger charge is 2.33. The number of nitrogens with two attached hydrogens (primary N) is 1. The molecule has 1 aromatic heterocycles. The van der Waals surface area contributed by atoms with E-state index < -0.39 is 0 Å². The van der Waals surface area contributed by atoms with Crippen molar-refractivity contribution >= 4 is 0 Å². The van der Waals surface area contributed by atoms with Gasteiger partial charge in [0, 0.05) is 18.8 Å². The maximum absolute atomic E-state index is 5.95. The molecule has 1 saturated heterocycles.